The average molecular weight is 367 g/mol. The molecule has 0 saturated carbocycles. The molecule has 26 heavy (non-hydrogen) atoms. The van der Waals surface area contributed by atoms with Crippen molar-refractivity contribution in [1.29, 1.82) is 0 Å². The maximum Gasteiger partial charge on any atom is 0.205 e. The fraction of sp³-hybridized carbons (Fsp3) is 0.235. The first-order valence-electron chi connectivity index (χ1n) is 8.29. The van der Waals surface area contributed by atoms with E-state index >= 15 is 0 Å². The van der Waals surface area contributed by atoms with Crippen LogP contribution in [0.25, 0.3) is 17.3 Å². The molecule has 0 unspecified atom stereocenters. The van der Waals surface area contributed by atoms with Crippen LogP contribution in [0.1, 0.15) is 19.2 Å². The van der Waals surface area contributed by atoms with E-state index in [4.69, 9.17) is 4.42 Å². The van der Waals surface area contributed by atoms with Gasteiger partial charge in [-0.3, -0.25) is 4.57 Å². The van der Waals surface area contributed by atoms with E-state index in [1.165, 1.54) is 0 Å². The number of furan rings is 1. The molecule has 0 aliphatic heterocycles. The molecule has 0 aliphatic rings. The molecule has 0 bridgehead atoms. The Morgan fingerprint density at radius 1 is 1.04 bits per heavy atom. The first kappa shape index (κ1) is 16.5. The van der Waals surface area contributed by atoms with Crippen molar-refractivity contribution in [1.82, 2.24) is 35.0 Å². The van der Waals surface area contributed by atoms with E-state index < -0.39 is 0 Å². The normalized spacial score (nSPS) is 11.1. The molecule has 9 heteroatoms. The van der Waals surface area contributed by atoms with Crippen molar-refractivity contribution in [3.63, 3.8) is 0 Å². The summed E-state index contributed by atoms with van der Waals surface area (Å²) in [7, 11) is 0. The van der Waals surface area contributed by atoms with E-state index in [2.05, 4.69) is 32.6 Å². The van der Waals surface area contributed by atoms with Gasteiger partial charge in [0.25, 0.3) is 0 Å². The first-order valence-corrected chi connectivity index (χ1v) is 9.28. The monoisotopic (exact) mass is 367 g/mol. The smallest absolute Gasteiger partial charge is 0.205 e. The van der Waals surface area contributed by atoms with Crippen molar-refractivity contribution >= 4 is 11.8 Å². The Morgan fingerprint density at radius 3 is 2.69 bits per heavy atom. The van der Waals surface area contributed by atoms with Gasteiger partial charge in [0.2, 0.25) is 5.82 Å². The highest BCUT2D eigenvalue weighted by Crippen LogP contribution is 2.29. The molecule has 132 valence electrons. The largest absolute Gasteiger partial charge is 0.461 e. The van der Waals surface area contributed by atoms with Gasteiger partial charge in [0.15, 0.2) is 16.7 Å². The summed E-state index contributed by atoms with van der Waals surface area (Å²) in [5, 5.41) is 21.4. The number of benzene rings is 1. The van der Waals surface area contributed by atoms with Gasteiger partial charge in [-0.2, -0.15) is 0 Å². The zero-order chi connectivity index (χ0) is 17.8. The van der Waals surface area contributed by atoms with E-state index in [1.807, 2.05) is 51.7 Å². The molecule has 0 atom stereocenters. The molecule has 0 fully saturated rings. The minimum atomic E-state index is 0.607. The fourth-order valence-corrected chi connectivity index (χ4v) is 3.46. The summed E-state index contributed by atoms with van der Waals surface area (Å²) in [6.07, 6.45) is 2.61. The number of hydrogen-bond acceptors (Lipinski definition) is 7. The summed E-state index contributed by atoms with van der Waals surface area (Å²) in [6, 6.07) is 13.7. The van der Waals surface area contributed by atoms with Crippen LogP contribution in [0, 0.1) is 0 Å². The fourth-order valence-electron chi connectivity index (χ4n) is 2.58. The molecule has 0 radical (unpaired) electrons. The van der Waals surface area contributed by atoms with Crippen LogP contribution in [0.15, 0.2) is 58.3 Å². The lowest BCUT2D eigenvalue weighted by Gasteiger charge is -2.09. The van der Waals surface area contributed by atoms with E-state index in [-0.39, 0.29) is 0 Å². The van der Waals surface area contributed by atoms with Crippen molar-refractivity contribution in [2.24, 2.45) is 0 Å². The van der Waals surface area contributed by atoms with Crippen LogP contribution in [0.4, 0.5) is 0 Å². The van der Waals surface area contributed by atoms with Gasteiger partial charge in [-0.15, -0.1) is 15.3 Å². The third-order valence-corrected chi connectivity index (χ3v) is 4.69. The number of nitrogens with zero attached hydrogens (tertiary/aromatic N) is 7. The molecular weight excluding hydrogens is 350 g/mol. The van der Waals surface area contributed by atoms with Gasteiger partial charge in [0.1, 0.15) is 0 Å². The number of rotatable bonds is 7. The SMILES string of the molecule is CCCn1nnnc1CSc1nnc(-c2ccco2)n1-c1ccccc1. The quantitative estimate of drug-likeness (QED) is 0.463. The summed E-state index contributed by atoms with van der Waals surface area (Å²) in [4.78, 5) is 0. The first-order chi connectivity index (χ1) is 12.9. The van der Waals surface area contributed by atoms with Gasteiger partial charge >= 0.3 is 0 Å². The number of aromatic nitrogens is 7. The zero-order valence-electron chi connectivity index (χ0n) is 14.2. The maximum absolute atomic E-state index is 5.53. The van der Waals surface area contributed by atoms with Crippen LogP contribution in [-0.2, 0) is 12.3 Å². The van der Waals surface area contributed by atoms with Gasteiger partial charge in [0, 0.05) is 12.2 Å². The van der Waals surface area contributed by atoms with Crippen LogP contribution < -0.4 is 0 Å². The average Bonchev–Trinajstić information content (AvgIpc) is 3.41. The van der Waals surface area contributed by atoms with Crippen LogP contribution in [0.3, 0.4) is 0 Å². The Morgan fingerprint density at radius 2 is 1.92 bits per heavy atom. The predicted molar refractivity (Wildman–Crippen MR) is 96.7 cm³/mol. The summed E-state index contributed by atoms with van der Waals surface area (Å²) < 4.78 is 9.33. The number of aryl methyl sites for hydroxylation is 1. The molecule has 0 amide bonds. The molecule has 0 saturated heterocycles. The second-order valence-electron chi connectivity index (χ2n) is 5.56. The van der Waals surface area contributed by atoms with E-state index in [0.29, 0.717) is 17.3 Å². The minimum absolute atomic E-state index is 0.607. The molecule has 3 aromatic heterocycles. The van der Waals surface area contributed by atoms with Gasteiger partial charge in [-0.05, 0) is 41.1 Å². The lowest BCUT2D eigenvalue weighted by atomic mass is 10.3. The van der Waals surface area contributed by atoms with Crippen molar-refractivity contribution in [3.8, 4) is 17.3 Å². The molecule has 0 aliphatic carbocycles. The number of hydrogen-bond donors (Lipinski definition) is 0. The van der Waals surface area contributed by atoms with Crippen LogP contribution >= 0.6 is 11.8 Å². The lowest BCUT2D eigenvalue weighted by molar-refractivity contribution is 0.564. The Hall–Kier alpha value is -2.94. The van der Waals surface area contributed by atoms with Gasteiger partial charge in [-0.1, -0.05) is 36.9 Å². The summed E-state index contributed by atoms with van der Waals surface area (Å²) in [6.45, 7) is 2.90. The highest BCUT2D eigenvalue weighted by molar-refractivity contribution is 7.98. The Bertz CT molecular complexity index is 962. The van der Waals surface area contributed by atoms with E-state index in [1.54, 1.807) is 18.0 Å². The summed E-state index contributed by atoms with van der Waals surface area (Å²) in [5.74, 6) is 2.76. The second kappa shape index (κ2) is 7.52. The highest BCUT2D eigenvalue weighted by atomic mass is 32.2. The molecule has 0 spiro atoms. The number of thioether (sulfide) groups is 1. The minimum Gasteiger partial charge on any atom is -0.461 e. The molecule has 4 aromatic rings. The Kier molecular flexibility index (Phi) is 4.78. The second-order valence-corrected chi connectivity index (χ2v) is 6.50. The molecule has 3 heterocycles. The third-order valence-electron chi connectivity index (χ3n) is 3.76. The molecule has 0 N–H and O–H groups in total. The van der Waals surface area contributed by atoms with E-state index in [9.17, 15) is 0 Å². The standard InChI is InChI=1S/C17H17N7OS/c1-2-10-23-15(18-21-22-23)12-26-17-20-19-16(14-9-6-11-25-14)24(17)13-7-4-3-5-8-13/h3-9,11H,2,10,12H2,1H3. The summed E-state index contributed by atoms with van der Waals surface area (Å²) >= 11 is 1.54. The third kappa shape index (κ3) is 3.25. The highest BCUT2D eigenvalue weighted by Gasteiger charge is 2.18. The van der Waals surface area contributed by atoms with Crippen LogP contribution in [0.2, 0.25) is 0 Å². The molecule has 4 rings (SSSR count). The molecule has 1 aromatic carbocycles. The van der Waals surface area contributed by atoms with E-state index in [0.717, 1.165) is 29.6 Å². The number of tetrazole rings is 1. The zero-order valence-corrected chi connectivity index (χ0v) is 15.0. The van der Waals surface area contributed by atoms with Gasteiger partial charge in [-0.25, -0.2) is 4.68 Å². The Balaban J connectivity index is 1.67. The molecule has 8 nitrogen and oxygen atoms in total. The van der Waals surface area contributed by atoms with Crippen molar-refractivity contribution in [3.05, 3.63) is 54.6 Å². The lowest BCUT2D eigenvalue weighted by Crippen LogP contribution is -2.05. The summed E-state index contributed by atoms with van der Waals surface area (Å²) in [5.41, 5.74) is 0.972. The van der Waals surface area contributed by atoms with Crippen LogP contribution in [-0.4, -0.2) is 35.0 Å². The Labute approximate surface area is 154 Å². The van der Waals surface area contributed by atoms with Crippen molar-refractivity contribution in [2.75, 3.05) is 0 Å². The van der Waals surface area contributed by atoms with Crippen molar-refractivity contribution in [2.45, 2.75) is 30.8 Å². The van der Waals surface area contributed by atoms with Crippen LogP contribution in [0.5, 0.6) is 0 Å². The van der Waals surface area contributed by atoms with Gasteiger partial charge < -0.3 is 4.42 Å². The maximum atomic E-state index is 5.53. The molecular formula is C17H17N7OS. The number of para-hydroxylation sites is 1. The van der Waals surface area contributed by atoms with Gasteiger partial charge in [0.05, 0.1) is 12.0 Å². The topological polar surface area (TPSA) is 87.4 Å². The van der Waals surface area contributed by atoms with Crippen molar-refractivity contribution < 1.29 is 4.42 Å². The predicted octanol–water partition coefficient (Wildman–Crippen LogP) is 3.22.